The number of anilines is 1. The second-order valence-corrected chi connectivity index (χ2v) is 10.2. The molecule has 1 aliphatic rings. The number of aromatic carboxylic acids is 1. The van der Waals surface area contributed by atoms with Crippen molar-refractivity contribution in [3.05, 3.63) is 74.8 Å². The number of halogens is 2. The normalized spacial score (nSPS) is 14.5. The first-order valence-corrected chi connectivity index (χ1v) is 12.4. The van der Waals surface area contributed by atoms with Crippen molar-refractivity contribution >= 4 is 69.2 Å². The van der Waals surface area contributed by atoms with Gasteiger partial charge in [0.2, 0.25) is 5.91 Å². The van der Waals surface area contributed by atoms with Crippen molar-refractivity contribution in [3.63, 3.8) is 0 Å². The predicted molar refractivity (Wildman–Crippen MR) is 138 cm³/mol. The molecule has 0 spiro atoms. The van der Waals surface area contributed by atoms with Gasteiger partial charge in [-0.3, -0.25) is 14.5 Å². The summed E-state index contributed by atoms with van der Waals surface area (Å²) in [7, 11) is 0. The highest BCUT2D eigenvalue weighted by atomic mass is 32.2. The van der Waals surface area contributed by atoms with Crippen LogP contribution in [0.1, 0.15) is 21.7 Å². The number of carboxylic acid groups (broad SMARTS) is 1. The minimum absolute atomic E-state index is 0.0161. The highest BCUT2D eigenvalue weighted by Gasteiger charge is 2.32. The molecule has 0 unspecified atom stereocenters. The Morgan fingerprint density at radius 1 is 1.08 bits per heavy atom. The molecule has 0 atom stereocenters. The van der Waals surface area contributed by atoms with Crippen molar-refractivity contribution in [2.24, 2.45) is 0 Å². The highest BCUT2D eigenvalue weighted by molar-refractivity contribution is 8.26. The topological polar surface area (TPSA) is 107 Å². The van der Waals surface area contributed by atoms with E-state index in [2.05, 4.69) is 5.32 Å². The van der Waals surface area contributed by atoms with Crippen molar-refractivity contribution in [2.45, 2.75) is 6.42 Å². The standard InChI is InChI=1S/C24H16F2N2O5S3/c25-17-3-1-12(8-18(17)26)13-7-15(35-11-13)10-20-22(31)28(24(34)36-20)6-5-21(30)27-14-2-4-19(29)16(9-14)23(32)33/h1-4,7-11,29H,5-6H2,(H,27,30)(H,32,33). The zero-order valence-electron chi connectivity index (χ0n) is 18.2. The lowest BCUT2D eigenvalue weighted by Crippen LogP contribution is -2.31. The van der Waals surface area contributed by atoms with Crippen molar-refractivity contribution in [1.29, 1.82) is 0 Å². The van der Waals surface area contributed by atoms with Gasteiger partial charge in [-0.05, 0) is 59.0 Å². The molecule has 36 heavy (non-hydrogen) atoms. The molecule has 184 valence electrons. The second-order valence-electron chi connectivity index (χ2n) is 7.54. The minimum Gasteiger partial charge on any atom is -0.507 e. The Morgan fingerprint density at radius 2 is 1.86 bits per heavy atom. The Balaban J connectivity index is 1.39. The number of amides is 2. The predicted octanol–water partition coefficient (Wildman–Crippen LogP) is 5.33. The third-order valence-electron chi connectivity index (χ3n) is 5.09. The largest absolute Gasteiger partial charge is 0.507 e. The van der Waals surface area contributed by atoms with E-state index in [1.807, 2.05) is 0 Å². The summed E-state index contributed by atoms with van der Waals surface area (Å²) in [5, 5.41) is 22.9. The number of phenols is 1. The highest BCUT2D eigenvalue weighted by Crippen LogP contribution is 2.35. The summed E-state index contributed by atoms with van der Waals surface area (Å²) in [6.45, 7) is 0.0161. The summed E-state index contributed by atoms with van der Waals surface area (Å²) < 4.78 is 27.0. The number of hydrogen-bond donors (Lipinski definition) is 3. The van der Waals surface area contributed by atoms with Gasteiger partial charge in [0.1, 0.15) is 15.6 Å². The van der Waals surface area contributed by atoms with E-state index in [1.165, 1.54) is 28.4 Å². The van der Waals surface area contributed by atoms with Crippen LogP contribution < -0.4 is 5.32 Å². The summed E-state index contributed by atoms with van der Waals surface area (Å²) >= 11 is 7.71. The average molecular weight is 547 g/mol. The summed E-state index contributed by atoms with van der Waals surface area (Å²) in [6.07, 6.45) is 1.56. The van der Waals surface area contributed by atoms with Crippen LogP contribution in [0.25, 0.3) is 17.2 Å². The van der Waals surface area contributed by atoms with Crippen molar-refractivity contribution in [1.82, 2.24) is 4.90 Å². The van der Waals surface area contributed by atoms with Crippen LogP contribution in [0.3, 0.4) is 0 Å². The van der Waals surface area contributed by atoms with E-state index in [-0.39, 0.29) is 34.4 Å². The molecule has 1 aliphatic heterocycles. The monoisotopic (exact) mass is 546 g/mol. The third kappa shape index (κ3) is 5.61. The number of rotatable bonds is 7. The number of thiocarbonyl (C=S) groups is 1. The first-order chi connectivity index (χ1) is 17.1. The van der Waals surface area contributed by atoms with Crippen LogP contribution in [0, 0.1) is 11.6 Å². The molecule has 7 nitrogen and oxygen atoms in total. The molecule has 1 aromatic heterocycles. The molecular formula is C24H16F2N2O5S3. The Bertz CT molecular complexity index is 1440. The Morgan fingerprint density at radius 3 is 2.58 bits per heavy atom. The van der Waals surface area contributed by atoms with E-state index < -0.39 is 29.3 Å². The van der Waals surface area contributed by atoms with E-state index in [4.69, 9.17) is 17.3 Å². The van der Waals surface area contributed by atoms with E-state index >= 15 is 0 Å². The number of carboxylic acids is 1. The van der Waals surface area contributed by atoms with Crippen LogP contribution in [0.4, 0.5) is 14.5 Å². The zero-order valence-corrected chi connectivity index (χ0v) is 20.6. The van der Waals surface area contributed by atoms with Gasteiger partial charge in [-0.25, -0.2) is 13.6 Å². The maximum absolute atomic E-state index is 13.5. The fourth-order valence-corrected chi connectivity index (χ4v) is 5.52. The molecule has 3 aromatic rings. The summed E-state index contributed by atoms with van der Waals surface area (Å²) in [4.78, 5) is 38.7. The fourth-order valence-electron chi connectivity index (χ4n) is 3.30. The molecule has 3 N–H and O–H groups in total. The number of carbonyl (C=O) groups is 3. The maximum atomic E-state index is 13.5. The van der Waals surface area contributed by atoms with Crippen LogP contribution in [0.5, 0.6) is 5.75 Å². The molecule has 0 bridgehead atoms. The molecule has 1 fully saturated rings. The number of carbonyl (C=O) groups excluding carboxylic acids is 2. The van der Waals surface area contributed by atoms with Crippen LogP contribution in [-0.2, 0) is 9.59 Å². The van der Waals surface area contributed by atoms with Gasteiger partial charge in [0.15, 0.2) is 11.6 Å². The Kier molecular flexibility index (Phi) is 7.48. The number of hydrogen-bond acceptors (Lipinski definition) is 7. The van der Waals surface area contributed by atoms with Gasteiger partial charge in [0.25, 0.3) is 5.91 Å². The summed E-state index contributed by atoms with van der Waals surface area (Å²) in [5.74, 6) is -4.47. The molecule has 2 amide bonds. The molecule has 0 aliphatic carbocycles. The van der Waals surface area contributed by atoms with Gasteiger partial charge < -0.3 is 15.5 Å². The van der Waals surface area contributed by atoms with E-state index in [0.29, 0.717) is 16.0 Å². The van der Waals surface area contributed by atoms with Crippen LogP contribution >= 0.6 is 35.3 Å². The minimum atomic E-state index is -1.34. The lowest BCUT2D eigenvalue weighted by atomic mass is 10.1. The summed E-state index contributed by atoms with van der Waals surface area (Å²) in [5.41, 5.74) is 1.02. The molecule has 4 rings (SSSR count). The van der Waals surface area contributed by atoms with E-state index in [9.17, 15) is 28.3 Å². The molecule has 1 saturated heterocycles. The SMILES string of the molecule is O=C(CCN1C(=O)C(=Cc2cc(-c3ccc(F)c(F)c3)cs2)SC1=S)Nc1ccc(O)c(C(=O)O)c1. The van der Waals surface area contributed by atoms with Gasteiger partial charge in [0, 0.05) is 23.5 Å². The molecular weight excluding hydrogens is 530 g/mol. The first kappa shape index (κ1) is 25.5. The molecule has 2 aromatic carbocycles. The average Bonchev–Trinajstić information content (AvgIpc) is 3.40. The van der Waals surface area contributed by atoms with Gasteiger partial charge in [0.05, 0.1) is 4.91 Å². The first-order valence-electron chi connectivity index (χ1n) is 10.3. The molecule has 12 heteroatoms. The van der Waals surface area contributed by atoms with E-state index in [1.54, 1.807) is 17.5 Å². The van der Waals surface area contributed by atoms with Gasteiger partial charge in [-0.1, -0.05) is 30.0 Å². The smallest absolute Gasteiger partial charge is 0.339 e. The molecule has 0 radical (unpaired) electrons. The van der Waals surface area contributed by atoms with Crippen molar-refractivity contribution in [3.8, 4) is 16.9 Å². The fraction of sp³-hybridized carbons (Fsp3) is 0.0833. The Hall–Kier alpha value is -3.61. The lowest BCUT2D eigenvalue weighted by Gasteiger charge is -2.14. The number of benzene rings is 2. The maximum Gasteiger partial charge on any atom is 0.339 e. The van der Waals surface area contributed by atoms with Crippen LogP contribution in [0.15, 0.2) is 52.7 Å². The van der Waals surface area contributed by atoms with E-state index in [0.717, 1.165) is 40.9 Å². The number of nitrogens with zero attached hydrogens (tertiary/aromatic N) is 1. The van der Waals surface area contributed by atoms with Gasteiger partial charge in [-0.15, -0.1) is 11.3 Å². The number of thioether (sulfide) groups is 1. The third-order valence-corrected chi connectivity index (χ3v) is 7.35. The quantitative estimate of drug-likeness (QED) is 0.209. The van der Waals surface area contributed by atoms with Crippen molar-refractivity contribution in [2.75, 3.05) is 11.9 Å². The van der Waals surface area contributed by atoms with Crippen LogP contribution in [0.2, 0.25) is 0 Å². The van der Waals surface area contributed by atoms with Gasteiger partial charge >= 0.3 is 5.97 Å². The van der Waals surface area contributed by atoms with Crippen molar-refractivity contribution < 1.29 is 33.4 Å². The summed E-state index contributed by atoms with van der Waals surface area (Å²) in [6, 6.07) is 9.03. The zero-order chi connectivity index (χ0) is 26.0. The Labute approximate surface area is 217 Å². The second kappa shape index (κ2) is 10.6. The number of aromatic hydroxyl groups is 1. The number of nitrogens with one attached hydrogen (secondary N) is 1. The van der Waals surface area contributed by atoms with Crippen LogP contribution in [-0.4, -0.2) is 43.8 Å². The van der Waals surface area contributed by atoms with Gasteiger partial charge in [-0.2, -0.15) is 0 Å². The molecule has 2 heterocycles. The number of thiophene rings is 1. The molecule has 0 saturated carbocycles. The lowest BCUT2D eigenvalue weighted by molar-refractivity contribution is -0.122.